The van der Waals surface area contributed by atoms with Gasteiger partial charge >= 0.3 is 0 Å². The molecule has 4 nitrogen and oxygen atoms in total. The van der Waals surface area contributed by atoms with Crippen LogP contribution in [0.4, 0.5) is 5.69 Å². The predicted octanol–water partition coefficient (Wildman–Crippen LogP) is 3.64. The average molecular weight is 335 g/mol. The number of rotatable bonds is 6. The van der Waals surface area contributed by atoms with Crippen molar-refractivity contribution in [2.45, 2.75) is 12.8 Å². The number of carbonyl (C=O) groups excluding carboxylic acids is 1. The van der Waals surface area contributed by atoms with E-state index in [2.05, 4.69) is 26.2 Å². The summed E-state index contributed by atoms with van der Waals surface area (Å²) in [4.78, 5) is 15.6. The Hall–Kier alpha value is -1.88. The molecule has 0 aliphatic heterocycles. The summed E-state index contributed by atoms with van der Waals surface area (Å²) in [6.07, 6.45) is 4.37. The van der Waals surface area contributed by atoms with Crippen LogP contribution in [0.25, 0.3) is 0 Å². The molecule has 2 rings (SSSR count). The average Bonchev–Trinajstić information content (AvgIpc) is 2.45. The first kappa shape index (κ1) is 14.5. The minimum absolute atomic E-state index is 0.0316. The monoisotopic (exact) mass is 334 g/mol. The first-order valence-corrected chi connectivity index (χ1v) is 7.11. The van der Waals surface area contributed by atoms with Crippen molar-refractivity contribution < 1.29 is 9.53 Å². The third kappa shape index (κ3) is 5.01. The van der Waals surface area contributed by atoms with Crippen molar-refractivity contribution in [3.63, 3.8) is 0 Å². The summed E-state index contributed by atoms with van der Waals surface area (Å²) in [7, 11) is 0. The standard InChI is InChI=1S/C15H15BrN2O2/c16-12-4-1-6-14(10-12)20-9-3-7-15(19)18-13-5-2-8-17-11-13/h1-2,4-6,8,10-11H,3,7,9H2,(H,18,19). The van der Waals surface area contributed by atoms with Crippen molar-refractivity contribution in [1.82, 2.24) is 4.98 Å². The number of ether oxygens (including phenoxy) is 1. The number of hydrogen-bond acceptors (Lipinski definition) is 3. The van der Waals surface area contributed by atoms with E-state index in [1.165, 1.54) is 0 Å². The van der Waals surface area contributed by atoms with Crippen LogP contribution in [0.15, 0.2) is 53.3 Å². The lowest BCUT2D eigenvalue weighted by Crippen LogP contribution is -2.12. The summed E-state index contributed by atoms with van der Waals surface area (Å²) in [6, 6.07) is 11.2. The SMILES string of the molecule is O=C(CCCOc1cccc(Br)c1)Nc1cccnc1. The van der Waals surface area contributed by atoms with Crippen molar-refractivity contribution in [3.05, 3.63) is 53.3 Å². The molecule has 0 fully saturated rings. The van der Waals surface area contributed by atoms with Gasteiger partial charge in [0.15, 0.2) is 0 Å². The number of hydrogen-bond donors (Lipinski definition) is 1. The molecule has 1 N–H and O–H groups in total. The Kier molecular flexibility index (Phi) is 5.55. The maximum Gasteiger partial charge on any atom is 0.224 e. The fraction of sp³-hybridized carbons (Fsp3) is 0.200. The largest absolute Gasteiger partial charge is 0.494 e. The van der Waals surface area contributed by atoms with Gasteiger partial charge in [0.1, 0.15) is 5.75 Å². The number of halogens is 1. The number of benzene rings is 1. The third-order valence-electron chi connectivity index (χ3n) is 2.56. The zero-order valence-electron chi connectivity index (χ0n) is 10.9. The summed E-state index contributed by atoms with van der Waals surface area (Å²) in [5.74, 6) is 0.767. The second-order valence-corrected chi connectivity index (χ2v) is 5.11. The Morgan fingerprint density at radius 2 is 2.20 bits per heavy atom. The molecule has 0 atom stereocenters. The number of nitrogens with one attached hydrogen (secondary N) is 1. The third-order valence-corrected chi connectivity index (χ3v) is 3.05. The molecule has 0 saturated carbocycles. The van der Waals surface area contributed by atoms with Crippen LogP contribution in [0, 0.1) is 0 Å². The topological polar surface area (TPSA) is 51.2 Å². The summed E-state index contributed by atoms with van der Waals surface area (Å²) in [5.41, 5.74) is 0.713. The van der Waals surface area contributed by atoms with Gasteiger partial charge < -0.3 is 10.1 Å². The molecule has 104 valence electrons. The number of pyridine rings is 1. The quantitative estimate of drug-likeness (QED) is 0.820. The summed E-state index contributed by atoms with van der Waals surface area (Å²) >= 11 is 3.38. The van der Waals surface area contributed by atoms with Gasteiger partial charge in [0, 0.05) is 17.1 Å². The second-order valence-electron chi connectivity index (χ2n) is 4.20. The molecule has 20 heavy (non-hydrogen) atoms. The number of aromatic nitrogens is 1. The van der Waals surface area contributed by atoms with Crippen molar-refractivity contribution in [2.24, 2.45) is 0 Å². The van der Waals surface area contributed by atoms with E-state index in [0.29, 0.717) is 25.1 Å². The molecular weight excluding hydrogens is 320 g/mol. The highest BCUT2D eigenvalue weighted by Gasteiger charge is 2.02. The predicted molar refractivity (Wildman–Crippen MR) is 81.7 cm³/mol. The van der Waals surface area contributed by atoms with Crippen LogP contribution in [0.5, 0.6) is 5.75 Å². The van der Waals surface area contributed by atoms with Gasteiger partial charge in [-0.3, -0.25) is 9.78 Å². The normalized spacial score (nSPS) is 10.1. The van der Waals surface area contributed by atoms with E-state index in [4.69, 9.17) is 4.74 Å². The Morgan fingerprint density at radius 3 is 2.95 bits per heavy atom. The lowest BCUT2D eigenvalue weighted by Gasteiger charge is -2.07. The molecule has 0 unspecified atom stereocenters. The van der Waals surface area contributed by atoms with Gasteiger partial charge in [0.25, 0.3) is 0 Å². The van der Waals surface area contributed by atoms with E-state index >= 15 is 0 Å². The van der Waals surface area contributed by atoms with Crippen LogP contribution in [-0.2, 0) is 4.79 Å². The maximum absolute atomic E-state index is 11.7. The van der Waals surface area contributed by atoms with Crippen LogP contribution in [0.3, 0.4) is 0 Å². The van der Waals surface area contributed by atoms with Crippen molar-refractivity contribution in [1.29, 1.82) is 0 Å². The van der Waals surface area contributed by atoms with Crippen LogP contribution in [0.2, 0.25) is 0 Å². The molecule has 0 spiro atoms. The highest BCUT2D eigenvalue weighted by Crippen LogP contribution is 2.17. The van der Waals surface area contributed by atoms with E-state index < -0.39 is 0 Å². The van der Waals surface area contributed by atoms with Crippen LogP contribution in [-0.4, -0.2) is 17.5 Å². The van der Waals surface area contributed by atoms with Gasteiger partial charge in [-0.15, -0.1) is 0 Å². The molecule has 1 heterocycles. The molecular formula is C15H15BrN2O2. The van der Waals surface area contributed by atoms with E-state index in [1.807, 2.05) is 30.3 Å². The van der Waals surface area contributed by atoms with Gasteiger partial charge in [0.05, 0.1) is 18.5 Å². The lowest BCUT2D eigenvalue weighted by molar-refractivity contribution is -0.116. The Balaban J connectivity index is 1.67. The maximum atomic E-state index is 11.7. The number of amides is 1. The molecule has 1 aromatic carbocycles. The molecule has 1 aromatic heterocycles. The van der Waals surface area contributed by atoms with Gasteiger partial charge in [-0.05, 0) is 36.8 Å². The Labute approximate surface area is 126 Å². The zero-order chi connectivity index (χ0) is 14.2. The molecule has 0 radical (unpaired) electrons. The molecule has 0 bridgehead atoms. The molecule has 0 saturated heterocycles. The molecule has 0 aliphatic rings. The molecule has 2 aromatic rings. The fourth-order valence-corrected chi connectivity index (χ4v) is 2.02. The van der Waals surface area contributed by atoms with Crippen LogP contribution < -0.4 is 10.1 Å². The number of carbonyl (C=O) groups is 1. The highest BCUT2D eigenvalue weighted by molar-refractivity contribution is 9.10. The zero-order valence-corrected chi connectivity index (χ0v) is 12.5. The highest BCUT2D eigenvalue weighted by atomic mass is 79.9. The van der Waals surface area contributed by atoms with E-state index in [-0.39, 0.29) is 5.91 Å². The Bertz CT molecular complexity index is 561. The van der Waals surface area contributed by atoms with Gasteiger partial charge in [0.2, 0.25) is 5.91 Å². The van der Waals surface area contributed by atoms with Crippen molar-refractivity contribution >= 4 is 27.5 Å². The second kappa shape index (κ2) is 7.65. The van der Waals surface area contributed by atoms with Gasteiger partial charge in [-0.1, -0.05) is 22.0 Å². The first-order valence-electron chi connectivity index (χ1n) is 6.32. The van der Waals surface area contributed by atoms with Crippen molar-refractivity contribution in [3.8, 4) is 5.75 Å². The van der Waals surface area contributed by atoms with Crippen LogP contribution in [0.1, 0.15) is 12.8 Å². The molecule has 1 amide bonds. The van der Waals surface area contributed by atoms with E-state index in [1.54, 1.807) is 18.5 Å². The number of nitrogens with zero attached hydrogens (tertiary/aromatic N) is 1. The fourth-order valence-electron chi connectivity index (χ4n) is 1.64. The molecule has 0 aliphatic carbocycles. The number of anilines is 1. The summed E-state index contributed by atoms with van der Waals surface area (Å²) < 4.78 is 6.54. The molecule has 5 heteroatoms. The minimum atomic E-state index is -0.0316. The van der Waals surface area contributed by atoms with E-state index in [9.17, 15) is 4.79 Å². The lowest BCUT2D eigenvalue weighted by atomic mass is 10.3. The summed E-state index contributed by atoms with van der Waals surface area (Å²) in [6.45, 7) is 0.511. The van der Waals surface area contributed by atoms with Gasteiger partial charge in [-0.25, -0.2) is 0 Å². The Morgan fingerprint density at radius 1 is 1.30 bits per heavy atom. The minimum Gasteiger partial charge on any atom is -0.494 e. The smallest absolute Gasteiger partial charge is 0.224 e. The first-order chi connectivity index (χ1) is 9.74. The summed E-state index contributed by atoms with van der Waals surface area (Å²) in [5, 5.41) is 2.79. The van der Waals surface area contributed by atoms with Gasteiger partial charge in [-0.2, -0.15) is 0 Å². The van der Waals surface area contributed by atoms with Crippen molar-refractivity contribution in [2.75, 3.05) is 11.9 Å². The van der Waals surface area contributed by atoms with E-state index in [0.717, 1.165) is 10.2 Å². The van der Waals surface area contributed by atoms with Crippen LogP contribution >= 0.6 is 15.9 Å².